The van der Waals surface area contributed by atoms with E-state index in [2.05, 4.69) is 16.0 Å². The van der Waals surface area contributed by atoms with Crippen molar-refractivity contribution in [3.05, 3.63) is 83.4 Å². The Balaban J connectivity index is 1.48. The van der Waals surface area contributed by atoms with Crippen LogP contribution in [0.5, 0.6) is 5.75 Å². The summed E-state index contributed by atoms with van der Waals surface area (Å²) in [6.07, 6.45) is 0. The predicted molar refractivity (Wildman–Crippen MR) is 104 cm³/mol. The number of nitriles is 1. The van der Waals surface area contributed by atoms with Gasteiger partial charge in [-0.3, -0.25) is 0 Å². The van der Waals surface area contributed by atoms with E-state index in [0.717, 1.165) is 16.9 Å². The number of nitrogens with zero attached hydrogens (tertiary/aromatic N) is 2. The van der Waals surface area contributed by atoms with Gasteiger partial charge in [-0.05, 0) is 60.2 Å². The second-order valence-corrected chi connectivity index (χ2v) is 6.24. The minimum absolute atomic E-state index is 0.217. The fraction of sp³-hybridized carbons (Fsp3) is 0.0455. The summed E-state index contributed by atoms with van der Waals surface area (Å²) in [5.74, 6) is 0.412. The fourth-order valence-corrected chi connectivity index (χ4v) is 2.83. The molecule has 28 heavy (non-hydrogen) atoms. The van der Waals surface area contributed by atoms with Crippen molar-refractivity contribution in [2.75, 3.05) is 0 Å². The number of aromatic amines is 1. The van der Waals surface area contributed by atoms with E-state index in [1.807, 2.05) is 36.4 Å². The van der Waals surface area contributed by atoms with Crippen LogP contribution in [0.3, 0.4) is 0 Å². The Morgan fingerprint density at radius 1 is 1.07 bits per heavy atom. The standard InChI is InChI=1S/C22H15N3O3/c23-12-14-1-3-15(4-2-14)13-28-18-8-5-16(6-9-18)21-24-19-10-7-17(22(26)27)11-20(19)25-21/h1-11H,13H2,(H,24,25)(H,26,27). The zero-order chi connectivity index (χ0) is 19.5. The maximum atomic E-state index is 11.1. The van der Waals surface area contributed by atoms with Gasteiger partial charge >= 0.3 is 5.97 Å². The highest BCUT2D eigenvalue weighted by Gasteiger charge is 2.09. The van der Waals surface area contributed by atoms with E-state index in [9.17, 15) is 4.79 Å². The van der Waals surface area contributed by atoms with Crippen molar-refractivity contribution in [3.8, 4) is 23.2 Å². The average molecular weight is 369 g/mol. The Bertz CT molecular complexity index is 1190. The average Bonchev–Trinajstić information content (AvgIpc) is 3.16. The van der Waals surface area contributed by atoms with Crippen LogP contribution in [0.2, 0.25) is 0 Å². The third kappa shape index (κ3) is 3.55. The molecule has 0 aliphatic carbocycles. The highest BCUT2D eigenvalue weighted by Crippen LogP contribution is 2.24. The van der Waals surface area contributed by atoms with Crippen LogP contribution in [0.15, 0.2) is 66.7 Å². The summed E-state index contributed by atoms with van der Waals surface area (Å²) in [5, 5.41) is 17.9. The van der Waals surface area contributed by atoms with Gasteiger partial charge in [-0.1, -0.05) is 12.1 Å². The molecular formula is C22H15N3O3. The Hall–Kier alpha value is -4.11. The summed E-state index contributed by atoms with van der Waals surface area (Å²) >= 11 is 0. The molecular weight excluding hydrogens is 354 g/mol. The number of nitrogens with one attached hydrogen (secondary N) is 1. The first-order chi connectivity index (χ1) is 13.6. The molecule has 136 valence electrons. The van der Waals surface area contributed by atoms with E-state index in [4.69, 9.17) is 15.1 Å². The van der Waals surface area contributed by atoms with Crippen molar-refractivity contribution in [2.24, 2.45) is 0 Å². The molecule has 0 fully saturated rings. The lowest BCUT2D eigenvalue weighted by Gasteiger charge is -2.07. The van der Waals surface area contributed by atoms with Gasteiger partial charge in [0.05, 0.1) is 28.2 Å². The summed E-state index contributed by atoms with van der Waals surface area (Å²) in [7, 11) is 0. The molecule has 0 saturated heterocycles. The monoisotopic (exact) mass is 369 g/mol. The lowest BCUT2D eigenvalue weighted by molar-refractivity contribution is 0.0697. The molecule has 1 aromatic heterocycles. The molecule has 0 aliphatic heterocycles. The molecule has 0 saturated carbocycles. The van der Waals surface area contributed by atoms with E-state index in [0.29, 0.717) is 29.0 Å². The van der Waals surface area contributed by atoms with Gasteiger partial charge in [0.25, 0.3) is 0 Å². The lowest BCUT2D eigenvalue weighted by atomic mass is 10.1. The number of rotatable bonds is 5. The molecule has 6 heteroatoms. The van der Waals surface area contributed by atoms with Gasteiger partial charge in [-0.15, -0.1) is 0 Å². The summed E-state index contributed by atoms with van der Waals surface area (Å²) in [6, 6.07) is 21.6. The number of benzene rings is 3. The number of fused-ring (bicyclic) bond motifs is 1. The number of ether oxygens (including phenoxy) is 1. The van der Waals surface area contributed by atoms with Crippen molar-refractivity contribution in [2.45, 2.75) is 6.61 Å². The topological polar surface area (TPSA) is 99.0 Å². The smallest absolute Gasteiger partial charge is 0.335 e. The third-order valence-electron chi connectivity index (χ3n) is 4.35. The molecule has 4 rings (SSSR count). The number of aromatic nitrogens is 2. The lowest BCUT2D eigenvalue weighted by Crippen LogP contribution is -1.95. The highest BCUT2D eigenvalue weighted by atomic mass is 16.5. The van der Waals surface area contributed by atoms with Crippen LogP contribution in [-0.2, 0) is 6.61 Å². The maximum Gasteiger partial charge on any atom is 0.335 e. The number of imidazole rings is 1. The van der Waals surface area contributed by atoms with Gasteiger partial charge in [-0.25, -0.2) is 9.78 Å². The zero-order valence-corrected chi connectivity index (χ0v) is 14.7. The van der Waals surface area contributed by atoms with Crippen molar-refractivity contribution in [1.29, 1.82) is 5.26 Å². The predicted octanol–water partition coefficient (Wildman–Crippen LogP) is 4.38. The molecule has 0 unspecified atom stereocenters. The number of carbonyl (C=O) groups is 1. The largest absolute Gasteiger partial charge is 0.489 e. The maximum absolute atomic E-state index is 11.1. The van der Waals surface area contributed by atoms with E-state index in [1.54, 1.807) is 24.3 Å². The summed E-state index contributed by atoms with van der Waals surface area (Å²) in [6.45, 7) is 0.410. The van der Waals surface area contributed by atoms with E-state index in [-0.39, 0.29) is 5.56 Å². The fourth-order valence-electron chi connectivity index (χ4n) is 2.83. The molecule has 0 radical (unpaired) electrons. The van der Waals surface area contributed by atoms with Gasteiger partial charge in [0.15, 0.2) is 0 Å². The molecule has 1 heterocycles. The molecule has 2 N–H and O–H groups in total. The Morgan fingerprint density at radius 3 is 2.50 bits per heavy atom. The summed E-state index contributed by atoms with van der Waals surface area (Å²) in [4.78, 5) is 18.8. The van der Waals surface area contributed by atoms with Crippen molar-refractivity contribution in [3.63, 3.8) is 0 Å². The van der Waals surface area contributed by atoms with Crippen LogP contribution in [0.1, 0.15) is 21.5 Å². The highest BCUT2D eigenvalue weighted by molar-refractivity contribution is 5.93. The molecule has 0 aliphatic rings. The van der Waals surface area contributed by atoms with E-state index in [1.165, 1.54) is 6.07 Å². The van der Waals surface area contributed by atoms with Gasteiger partial charge in [0.1, 0.15) is 18.2 Å². The van der Waals surface area contributed by atoms with E-state index < -0.39 is 5.97 Å². The van der Waals surface area contributed by atoms with Crippen LogP contribution >= 0.6 is 0 Å². The van der Waals surface area contributed by atoms with Gasteiger partial charge in [-0.2, -0.15) is 5.26 Å². The molecule has 6 nitrogen and oxygen atoms in total. The van der Waals surface area contributed by atoms with E-state index >= 15 is 0 Å². The Morgan fingerprint density at radius 2 is 1.82 bits per heavy atom. The number of H-pyrrole nitrogens is 1. The quantitative estimate of drug-likeness (QED) is 0.544. The van der Waals surface area contributed by atoms with Gasteiger partial charge in [0.2, 0.25) is 0 Å². The summed E-state index contributed by atoms with van der Waals surface area (Å²) in [5.41, 5.74) is 4.08. The number of hydrogen-bond acceptors (Lipinski definition) is 4. The molecule has 0 bridgehead atoms. The summed E-state index contributed by atoms with van der Waals surface area (Å²) < 4.78 is 5.78. The number of hydrogen-bond donors (Lipinski definition) is 2. The van der Waals surface area contributed by atoms with Crippen LogP contribution in [-0.4, -0.2) is 21.0 Å². The second kappa shape index (κ2) is 7.25. The van der Waals surface area contributed by atoms with Crippen LogP contribution in [0, 0.1) is 11.3 Å². The number of carboxylic acids is 1. The number of aromatic carboxylic acids is 1. The Labute approximate surface area is 160 Å². The van der Waals surface area contributed by atoms with Gasteiger partial charge in [0, 0.05) is 5.56 Å². The Kier molecular flexibility index (Phi) is 4.48. The minimum atomic E-state index is -0.971. The minimum Gasteiger partial charge on any atom is -0.489 e. The first-order valence-corrected chi connectivity index (χ1v) is 8.58. The number of carboxylic acid groups (broad SMARTS) is 1. The van der Waals surface area contributed by atoms with Crippen LogP contribution in [0.4, 0.5) is 0 Å². The molecule has 0 amide bonds. The van der Waals surface area contributed by atoms with Crippen LogP contribution in [0.25, 0.3) is 22.4 Å². The van der Waals surface area contributed by atoms with Crippen LogP contribution < -0.4 is 4.74 Å². The van der Waals surface area contributed by atoms with Crippen molar-refractivity contribution >= 4 is 17.0 Å². The van der Waals surface area contributed by atoms with Crippen molar-refractivity contribution < 1.29 is 14.6 Å². The van der Waals surface area contributed by atoms with Gasteiger partial charge < -0.3 is 14.8 Å². The zero-order valence-electron chi connectivity index (χ0n) is 14.7. The SMILES string of the molecule is N#Cc1ccc(COc2ccc(-c3nc4ccc(C(=O)O)cc4[nH]3)cc2)cc1. The first kappa shape index (κ1) is 17.3. The molecule has 0 spiro atoms. The molecule has 4 aromatic rings. The molecule has 3 aromatic carbocycles. The van der Waals surface area contributed by atoms with Crippen molar-refractivity contribution in [1.82, 2.24) is 9.97 Å². The normalized spacial score (nSPS) is 10.5. The molecule has 0 atom stereocenters. The third-order valence-corrected chi connectivity index (χ3v) is 4.35. The first-order valence-electron chi connectivity index (χ1n) is 8.58. The second-order valence-electron chi connectivity index (χ2n) is 6.24.